The first-order valence-electron chi connectivity index (χ1n) is 7.22. The van der Waals surface area contributed by atoms with Gasteiger partial charge in [0.15, 0.2) is 6.04 Å². The summed E-state index contributed by atoms with van der Waals surface area (Å²) < 4.78 is 6.72. The van der Waals surface area contributed by atoms with Gasteiger partial charge >= 0.3 is 5.88 Å². The highest BCUT2D eigenvalue weighted by molar-refractivity contribution is 7.21. The van der Waals surface area contributed by atoms with Crippen LogP contribution >= 0.6 is 11.3 Å². The quantitative estimate of drug-likeness (QED) is 0.718. The van der Waals surface area contributed by atoms with Crippen LogP contribution in [0.4, 0.5) is 11.6 Å². The number of nitrogens with zero attached hydrogens (tertiary/aromatic N) is 3. The number of thiophene rings is 1. The second-order valence-corrected chi connectivity index (χ2v) is 6.68. The summed E-state index contributed by atoms with van der Waals surface area (Å²) in [5.74, 6) is -0.0475. The Labute approximate surface area is 137 Å². The lowest BCUT2D eigenvalue weighted by Crippen LogP contribution is -2.36. The standard InChI is InChI=1S/C15H17N5O2S/c1-7(2)20-6-11(22-19-20)18-14(21)13-12(16)10-5-8(3)9(4)17-15(10)23-13/h5-7H,1-4H3,(H2-,16,18,19,21)/p+1. The summed E-state index contributed by atoms with van der Waals surface area (Å²) >= 11 is 1.27. The molecule has 0 aliphatic carbocycles. The number of nitrogens with one attached hydrogen (secondary N) is 1. The second-order valence-electron chi connectivity index (χ2n) is 5.68. The molecule has 3 heterocycles. The van der Waals surface area contributed by atoms with E-state index in [1.54, 1.807) is 10.9 Å². The molecule has 0 radical (unpaired) electrons. The highest BCUT2D eigenvalue weighted by atomic mass is 32.1. The molecular weight excluding hydrogens is 314 g/mol. The molecule has 0 bridgehead atoms. The van der Waals surface area contributed by atoms with Crippen LogP contribution in [0.5, 0.6) is 0 Å². The Kier molecular flexibility index (Phi) is 3.77. The van der Waals surface area contributed by atoms with E-state index in [-0.39, 0.29) is 17.8 Å². The van der Waals surface area contributed by atoms with Crippen LogP contribution in [-0.4, -0.2) is 16.2 Å². The first-order valence-corrected chi connectivity index (χ1v) is 8.04. The van der Waals surface area contributed by atoms with Gasteiger partial charge in [-0.05, 0) is 44.0 Å². The monoisotopic (exact) mass is 332 g/mol. The Morgan fingerprint density at radius 2 is 2.17 bits per heavy atom. The number of hydrogen-bond acceptors (Lipinski definition) is 6. The Morgan fingerprint density at radius 1 is 1.43 bits per heavy atom. The van der Waals surface area contributed by atoms with Gasteiger partial charge in [-0.3, -0.25) is 14.6 Å². The number of nitrogens with two attached hydrogens (primary N) is 1. The minimum atomic E-state index is -0.326. The highest BCUT2D eigenvalue weighted by Crippen LogP contribution is 2.33. The molecule has 3 rings (SSSR count). The average Bonchev–Trinajstić information content (AvgIpc) is 3.06. The van der Waals surface area contributed by atoms with Crippen molar-refractivity contribution in [2.45, 2.75) is 33.7 Å². The normalized spacial score (nSPS) is 11.3. The van der Waals surface area contributed by atoms with Crippen LogP contribution in [0, 0.1) is 13.8 Å². The molecule has 3 N–H and O–H groups in total. The van der Waals surface area contributed by atoms with Gasteiger partial charge in [0.05, 0.1) is 5.69 Å². The number of fused-ring (bicyclic) bond motifs is 1. The van der Waals surface area contributed by atoms with Crippen molar-refractivity contribution in [1.29, 1.82) is 0 Å². The second kappa shape index (κ2) is 5.62. The number of aromatic nitrogens is 3. The zero-order valence-corrected chi connectivity index (χ0v) is 14.2. The lowest BCUT2D eigenvalue weighted by Gasteiger charge is -1.99. The molecule has 23 heavy (non-hydrogen) atoms. The van der Waals surface area contributed by atoms with Crippen LogP contribution in [0.3, 0.4) is 0 Å². The SMILES string of the molecule is Cc1cc2c(N)c(C(=O)Nc3c[n+](C(C)C)no3)sc2nc1C. The Bertz CT molecular complexity index is 897. The van der Waals surface area contributed by atoms with Crippen molar-refractivity contribution in [3.05, 3.63) is 28.4 Å². The third-order valence-electron chi connectivity index (χ3n) is 3.62. The number of anilines is 2. The molecule has 1 amide bonds. The number of pyridine rings is 1. The molecule has 7 nitrogen and oxygen atoms in total. The van der Waals surface area contributed by atoms with Gasteiger partial charge in [0.1, 0.15) is 9.71 Å². The lowest BCUT2D eigenvalue weighted by atomic mass is 10.1. The van der Waals surface area contributed by atoms with Gasteiger partial charge in [0.2, 0.25) is 5.27 Å². The summed E-state index contributed by atoms with van der Waals surface area (Å²) in [4.78, 5) is 18.1. The largest absolute Gasteiger partial charge is 0.397 e. The number of rotatable bonds is 3. The smallest absolute Gasteiger partial charge is 0.302 e. The van der Waals surface area contributed by atoms with Crippen molar-refractivity contribution in [3.8, 4) is 0 Å². The fraction of sp³-hybridized carbons (Fsp3) is 0.333. The third kappa shape index (κ3) is 2.77. The maximum atomic E-state index is 12.4. The van der Waals surface area contributed by atoms with Crippen molar-refractivity contribution in [2.75, 3.05) is 11.1 Å². The van der Waals surface area contributed by atoms with E-state index in [1.165, 1.54) is 11.3 Å². The van der Waals surface area contributed by atoms with Gasteiger partial charge in [0.25, 0.3) is 12.1 Å². The van der Waals surface area contributed by atoms with Crippen molar-refractivity contribution >= 4 is 39.0 Å². The predicted molar refractivity (Wildman–Crippen MR) is 88.5 cm³/mol. The van der Waals surface area contributed by atoms with Crippen LogP contribution < -0.4 is 15.7 Å². The van der Waals surface area contributed by atoms with Crippen LogP contribution in [-0.2, 0) is 0 Å². The van der Waals surface area contributed by atoms with E-state index < -0.39 is 0 Å². The van der Waals surface area contributed by atoms with Gasteiger partial charge in [-0.25, -0.2) is 4.98 Å². The fourth-order valence-electron chi connectivity index (χ4n) is 2.12. The van der Waals surface area contributed by atoms with Crippen molar-refractivity contribution in [2.24, 2.45) is 0 Å². The molecule has 120 valence electrons. The fourth-order valence-corrected chi connectivity index (χ4v) is 3.14. The topological polar surface area (TPSA) is 97.9 Å². The number of carbonyl (C=O) groups excluding carboxylic acids is 1. The van der Waals surface area contributed by atoms with E-state index in [2.05, 4.69) is 15.6 Å². The van der Waals surface area contributed by atoms with Crippen molar-refractivity contribution in [1.82, 2.24) is 10.3 Å². The maximum Gasteiger partial charge on any atom is 0.302 e. The van der Waals surface area contributed by atoms with E-state index in [1.807, 2.05) is 33.8 Å². The Hall–Kier alpha value is -2.48. The molecule has 8 heteroatoms. The summed E-state index contributed by atoms with van der Waals surface area (Å²) in [7, 11) is 0. The van der Waals surface area contributed by atoms with Crippen LogP contribution in [0.25, 0.3) is 10.2 Å². The van der Waals surface area contributed by atoms with Gasteiger partial charge in [-0.1, -0.05) is 0 Å². The Morgan fingerprint density at radius 3 is 2.83 bits per heavy atom. The molecule has 0 aliphatic rings. The average molecular weight is 332 g/mol. The molecule has 0 aromatic carbocycles. The highest BCUT2D eigenvalue weighted by Gasteiger charge is 2.22. The van der Waals surface area contributed by atoms with E-state index in [0.29, 0.717) is 10.6 Å². The molecule has 0 aliphatic heterocycles. The van der Waals surface area contributed by atoms with Crippen molar-refractivity contribution in [3.63, 3.8) is 0 Å². The lowest BCUT2D eigenvalue weighted by molar-refractivity contribution is -0.779. The summed E-state index contributed by atoms with van der Waals surface area (Å²) in [5, 5.41) is 7.32. The van der Waals surface area contributed by atoms with E-state index in [0.717, 1.165) is 21.5 Å². The zero-order valence-electron chi connectivity index (χ0n) is 13.4. The molecule has 0 spiro atoms. The number of nitrogen functional groups attached to an aromatic ring is 1. The first-order chi connectivity index (χ1) is 10.9. The van der Waals surface area contributed by atoms with Crippen LogP contribution in [0.2, 0.25) is 0 Å². The van der Waals surface area contributed by atoms with Gasteiger partial charge in [-0.2, -0.15) is 0 Å². The van der Waals surface area contributed by atoms with Crippen LogP contribution in [0.15, 0.2) is 16.8 Å². The zero-order chi connectivity index (χ0) is 16.7. The predicted octanol–water partition coefficient (Wildman–Crippen LogP) is 2.60. The summed E-state index contributed by atoms with van der Waals surface area (Å²) in [6, 6.07) is 2.11. The Balaban J connectivity index is 1.92. The molecule has 0 saturated heterocycles. The summed E-state index contributed by atoms with van der Waals surface area (Å²) in [5.41, 5.74) is 8.54. The van der Waals surface area contributed by atoms with Gasteiger partial charge < -0.3 is 5.73 Å². The first kappa shape index (κ1) is 15.4. The summed E-state index contributed by atoms with van der Waals surface area (Å²) in [6.07, 6.45) is 1.64. The van der Waals surface area contributed by atoms with E-state index >= 15 is 0 Å². The molecule has 0 saturated carbocycles. The van der Waals surface area contributed by atoms with Gasteiger partial charge in [-0.15, -0.1) is 11.3 Å². The van der Waals surface area contributed by atoms with E-state index in [9.17, 15) is 4.79 Å². The molecule has 0 unspecified atom stereocenters. The molecule has 3 aromatic rings. The van der Waals surface area contributed by atoms with Crippen LogP contribution in [0.1, 0.15) is 40.8 Å². The number of amides is 1. The third-order valence-corrected chi connectivity index (χ3v) is 4.73. The minimum absolute atomic E-state index is 0.147. The maximum absolute atomic E-state index is 12.4. The molecular formula is C15H18N5O2S+. The number of hydrogen-bond donors (Lipinski definition) is 2. The molecule has 3 aromatic heterocycles. The minimum Gasteiger partial charge on any atom is -0.397 e. The van der Waals surface area contributed by atoms with Gasteiger partial charge in [0, 0.05) is 11.1 Å². The summed E-state index contributed by atoms with van der Waals surface area (Å²) in [6.45, 7) is 7.84. The van der Waals surface area contributed by atoms with E-state index in [4.69, 9.17) is 10.3 Å². The molecule has 0 atom stereocenters. The number of aryl methyl sites for hydroxylation is 2. The number of carbonyl (C=O) groups is 1. The molecule has 0 fully saturated rings. The van der Waals surface area contributed by atoms with Crippen molar-refractivity contribution < 1.29 is 14.0 Å².